The number of aryl methyl sites for hydroxylation is 2. The molecule has 0 atom stereocenters. The van der Waals surface area contributed by atoms with Crippen LogP contribution in [0.4, 0.5) is 0 Å². The van der Waals surface area contributed by atoms with E-state index < -0.39 is 0 Å². The van der Waals surface area contributed by atoms with Gasteiger partial charge in [-0.25, -0.2) is 4.98 Å². The van der Waals surface area contributed by atoms with Gasteiger partial charge < -0.3 is 14.6 Å². The van der Waals surface area contributed by atoms with Crippen molar-refractivity contribution in [2.45, 2.75) is 39.2 Å². The maximum absolute atomic E-state index is 12.4. The zero-order chi connectivity index (χ0) is 23.0. The number of imidazole rings is 1. The van der Waals surface area contributed by atoms with Crippen LogP contribution in [0.15, 0.2) is 72.8 Å². The fourth-order valence-corrected chi connectivity index (χ4v) is 4.21. The van der Waals surface area contributed by atoms with Gasteiger partial charge in [-0.3, -0.25) is 4.79 Å². The zero-order valence-corrected chi connectivity index (χ0v) is 19.4. The van der Waals surface area contributed by atoms with Gasteiger partial charge in [-0.15, -0.1) is 0 Å². The van der Waals surface area contributed by atoms with E-state index in [-0.39, 0.29) is 5.91 Å². The molecule has 5 heteroatoms. The van der Waals surface area contributed by atoms with E-state index in [1.807, 2.05) is 55.5 Å². The van der Waals surface area contributed by atoms with Crippen LogP contribution < -0.4 is 10.1 Å². The molecule has 3 aromatic carbocycles. The van der Waals surface area contributed by atoms with E-state index in [1.54, 1.807) is 7.11 Å². The number of hydrogen-bond donors (Lipinski definition) is 1. The number of benzene rings is 3. The average Bonchev–Trinajstić information content (AvgIpc) is 3.19. The second-order valence-electron chi connectivity index (χ2n) is 8.30. The van der Waals surface area contributed by atoms with Crippen molar-refractivity contribution in [1.29, 1.82) is 0 Å². The minimum Gasteiger partial charge on any atom is -0.496 e. The molecule has 0 saturated heterocycles. The molecule has 0 unspecified atom stereocenters. The van der Waals surface area contributed by atoms with Gasteiger partial charge in [0.15, 0.2) is 0 Å². The standard InChI is InChI=1S/C28H31N3O2/c1-21-12-5-7-14-23(21)28(32)29-19-11-3-4-18-27-30-24-15-8-9-16-25(24)31(27)20-22-13-6-10-17-26(22)33-2/h5-10,12-17H,3-4,11,18-20H2,1-2H3,(H,29,32). The topological polar surface area (TPSA) is 56.1 Å². The lowest BCUT2D eigenvalue weighted by Gasteiger charge is -2.13. The molecule has 0 aliphatic rings. The molecule has 4 aromatic rings. The van der Waals surface area contributed by atoms with Gasteiger partial charge in [-0.05, 0) is 49.6 Å². The quantitative estimate of drug-likeness (QED) is 0.329. The van der Waals surface area contributed by atoms with Crippen molar-refractivity contribution < 1.29 is 9.53 Å². The van der Waals surface area contributed by atoms with E-state index in [4.69, 9.17) is 9.72 Å². The van der Waals surface area contributed by atoms with Crippen LogP contribution in [-0.2, 0) is 13.0 Å². The monoisotopic (exact) mass is 441 g/mol. The normalized spacial score (nSPS) is 11.0. The summed E-state index contributed by atoms with van der Waals surface area (Å²) in [7, 11) is 1.71. The summed E-state index contributed by atoms with van der Waals surface area (Å²) < 4.78 is 7.86. The molecular weight excluding hydrogens is 410 g/mol. The number of amides is 1. The van der Waals surface area contributed by atoms with Crippen LogP contribution in [0.5, 0.6) is 5.75 Å². The summed E-state index contributed by atoms with van der Waals surface area (Å²) in [5.41, 5.74) is 5.06. The Morgan fingerprint density at radius 3 is 2.55 bits per heavy atom. The predicted molar refractivity (Wildman–Crippen MR) is 133 cm³/mol. The summed E-state index contributed by atoms with van der Waals surface area (Å²) in [6.45, 7) is 3.38. The van der Waals surface area contributed by atoms with Crippen LogP contribution in [0.2, 0.25) is 0 Å². The molecule has 1 heterocycles. The van der Waals surface area contributed by atoms with Gasteiger partial charge in [0.05, 0.1) is 24.7 Å². The Morgan fingerprint density at radius 2 is 1.70 bits per heavy atom. The fourth-order valence-electron chi connectivity index (χ4n) is 4.21. The molecule has 0 saturated carbocycles. The summed E-state index contributed by atoms with van der Waals surface area (Å²) in [5.74, 6) is 1.99. The third-order valence-corrected chi connectivity index (χ3v) is 6.01. The van der Waals surface area contributed by atoms with Crippen molar-refractivity contribution in [1.82, 2.24) is 14.9 Å². The lowest BCUT2D eigenvalue weighted by Crippen LogP contribution is -2.25. The SMILES string of the molecule is COc1ccccc1Cn1c(CCCCCNC(=O)c2ccccc2C)nc2ccccc21. The van der Waals surface area contributed by atoms with Crippen LogP contribution in [0.3, 0.4) is 0 Å². The maximum Gasteiger partial charge on any atom is 0.251 e. The third kappa shape index (κ3) is 5.43. The van der Waals surface area contributed by atoms with Crippen molar-refractivity contribution >= 4 is 16.9 Å². The Hall–Kier alpha value is -3.60. The third-order valence-electron chi connectivity index (χ3n) is 6.01. The lowest BCUT2D eigenvalue weighted by molar-refractivity contribution is 0.0952. The molecule has 1 aromatic heterocycles. The Labute approximate surface area is 195 Å². The molecular formula is C28H31N3O2. The van der Waals surface area contributed by atoms with Gasteiger partial charge in [0.25, 0.3) is 5.91 Å². The molecule has 0 aliphatic heterocycles. The summed E-state index contributed by atoms with van der Waals surface area (Å²) in [6, 6.07) is 24.1. The molecule has 1 amide bonds. The molecule has 33 heavy (non-hydrogen) atoms. The van der Waals surface area contributed by atoms with Gasteiger partial charge >= 0.3 is 0 Å². The first-order chi connectivity index (χ1) is 16.2. The molecule has 0 fully saturated rings. The number of para-hydroxylation sites is 3. The number of rotatable bonds is 10. The van der Waals surface area contributed by atoms with Crippen molar-refractivity contribution in [3.05, 3.63) is 95.3 Å². The number of aromatic nitrogens is 2. The highest BCUT2D eigenvalue weighted by molar-refractivity contribution is 5.95. The second kappa shape index (κ2) is 10.8. The van der Waals surface area contributed by atoms with E-state index in [2.05, 4.69) is 34.1 Å². The summed E-state index contributed by atoms with van der Waals surface area (Å²) in [4.78, 5) is 17.3. The molecule has 5 nitrogen and oxygen atoms in total. The van der Waals surface area contributed by atoms with Crippen LogP contribution >= 0.6 is 0 Å². The van der Waals surface area contributed by atoms with Crippen molar-refractivity contribution in [2.75, 3.05) is 13.7 Å². The second-order valence-corrected chi connectivity index (χ2v) is 8.30. The molecule has 1 N–H and O–H groups in total. The number of unbranched alkanes of at least 4 members (excludes halogenated alkanes) is 2. The van der Waals surface area contributed by atoms with Gasteiger partial charge in [0.2, 0.25) is 0 Å². The predicted octanol–water partition coefficient (Wildman–Crippen LogP) is 5.54. The van der Waals surface area contributed by atoms with Crippen LogP contribution in [-0.4, -0.2) is 29.1 Å². The highest BCUT2D eigenvalue weighted by Crippen LogP contribution is 2.24. The number of nitrogens with one attached hydrogen (secondary N) is 1. The van der Waals surface area contributed by atoms with Crippen molar-refractivity contribution in [3.8, 4) is 5.75 Å². The zero-order valence-electron chi connectivity index (χ0n) is 19.4. The number of ether oxygens (including phenoxy) is 1. The van der Waals surface area contributed by atoms with Crippen LogP contribution in [0, 0.1) is 6.92 Å². The first-order valence-electron chi connectivity index (χ1n) is 11.6. The van der Waals surface area contributed by atoms with Crippen molar-refractivity contribution in [3.63, 3.8) is 0 Å². The highest BCUT2D eigenvalue weighted by atomic mass is 16.5. The number of fused-ring (bicyclic) bond motifs is 1. The minimum atomic E-state index is 0.00620. The molecule has 170 valence electrons. The number of methoxy groups -OCH3 is 1. The van der Waals surface area contributed by atoms with E-state index in [9.17, 15) is 4.79 Å². The van der Waals surface area contributed by atoms with Gasteiger partial charge in [-0.2, -0.15) is 0 Å². The first kappa shape index (κ1) is 22.6. The molecule has 4 rings (SSSR count). The highest BCUT2D eigenvalue weighted by Gasteiger charge is 2.13. The first-order valence-corrected chi connectivity index (χ1v) is 11.6. The Morgan fingerprint density at radius 1 is 0.939 bits per heavy atom. The largest absolute Gasteiger partial charge is 0.496 e. The molecule has 0 bridgehead atoms. The van der Waals surface area contributed by atoms with E-state index in [0.29, 0.717) is 6.54 Å². The van der Waals surface area contributed by atoms with Crippen molar-refractivity contribution in [2.24, 2.45) is 0 Å². The fraction of sp³-hybridized carbons (Fsp3) is 0.286. The number of hydrogen-bond acceptors (Lipinski definition) is 3. The van der Waals surface area contributed by atoms with E-state index in [1.165, 1.54) is 0 Å². The number of nitrogens with zero attached hydrogens (tertiary/aromatic N) is 2. The van der Waals surface area contributed by atoms with Gasteiger partial charge in [-0.1, -0.05) is 55.0 Å². The minimum absolute atomic E-state index is 0.00620. The smallest absolute Gasteiger partial charge is 0.251 e. The maximum atomic E-state index is 12.4. The number of carbonyl (C=O) groups is 1. The van der Waals surface area contributed by atoms with E-state index >= 15 is 0 Å². The lowest BCUT2D eigenvalue weighted by atomic mass is 10.1. The van der Waals surface area contributed by atoms with Crippen LogP contribution in [0.25, 0.3) is 11.0 Å². The molecule has 0 aliphatic carbocycles. The summed E-state index contributed by atoms with van der Waals surface area (Å²) in [5, 5.41) is 3.04. The Balaban J connectivity index is 1.35. The number of carbonyl (C=O) groups excluding carboxylic acids is 1. The van der Waals surface area contributed by atoms with Gasteiger partial charge in [0.1, 0.15) is 11.6 Å². The van der Waals surface area contributed by atoms with Gasteiger partial charge in [0, 0.05) is 24.1 Å². The Bertz CT molecular complexity index is 1230. The Kier molecular flexibility index (Phi) is 7.40. The summed E-state index contributed by atoms with van der Waals surface area (Å²) >= 11 is 0. The summed E-state index contributed by atoms with van der Waals surface area (Å²) in [6.07, 6.45) is 3.90. The molecule has 0 spiro atoms. The van der Waals surface area contributed by atoms with E-state index in [0.717, 1.165) is 71.5 Å². The average molecular weight is 442 g/mol. The molecule has 0 radical (unpaired) electrons. The van der Waals surface area contributed by atoms with Crippen LogP contribution in [0.1, 0.15) is 46.6 Å².